The van der Waals surface area contributed by atoms with Crippen LogP contribution in [-0.2, 0) is 11.3 Å². The van der Waals surface area contributed by atoms with Crippen LogP contribution in [0.1, 0.15) is 12.5 Å². The minimum Gasteiger partial charge on any atom is -0.341 e. The summed E-state index contributed by atoms with van der Waals surface area (Å²) in [4.78, 5) is 13.5. The molecule has 1 unspecified atom stereocenters. The van der Waals surface area contributed by atoms with Crippen molar-refractivity contribution in [2.45, 2.75) is 13.5 Å². The van der Waals surface area contributed by atoms with Crippen LogP contribution in [0.5, 0.6) is 0 Å². The van der Waals surface area contributed by atoms with Gasteiger partial charge in [0.15, 0.2) is 0 Å². The van der Waals surface area contributed by atoms with Crippen LogP contribution in [-0.4, -0.2) is 24.4 Å². The number of carbonyl (C=O) groups excluding carboxylic acids is 1. The van der Waals surface area contributed by atoms with Crippen LogP contribution in [0.4, 0.5) is 0 Å². The van der Waals surface area contributed by atoms with Crippen molar-refractivity contribution in [1.29, 1.82) is 0 Å². The fourth-order valence-electron chi connectivity index (χ4n) is 1.48. The highest BCUT2D eigenvalue weighted by atomic mass is 35.5. The molecule has 0 saturated carbocycles. The van der Waals surface area contributed by atoms with E-state index in [1.807, 2.05) is 12.1 Å². The highest BCUT2D eigenvalue weighted by Crippen LogP contribution is 2.26. The van der Waals surface area contributed by atoms with E-state index >= 15 is 0 Å². The van der Waals surface area contributed by atoms with Crippen molar-refractivity contribution in [2.75, 3.05) is 13.6 Å². The molecule has 1 amide bonds. The van der Waals surface area contributed by atoms with Crippen LogP contribution in [0.25, 0.3) is 0 Å². The van der Waals surface area contributed by atoms with Gasteiger partial charge in [-0.05, 0) is 11.6 Å². The molecule has 0 bridgehead atoms. The summed E-state index contributed by atoms with van der Waals surface area (Å²) < 4.78 is 0. The van der Waals surface area contributed by atoms with Crippen molar-refractivity contribution < 1.29 is 4.79 Å². The smallest absolute Gasteiger partial charge is 0.226 e. The van der Waals surface area contributed by atoms with Crippen LogP contribution >= 0.6 is 35.6 Å². The van der Waals surface area contributed by atoms with Gasteiger partial charge in [0, 0.05) is 26.1 Å². The van der Waals surface area contributed by atoms with Gasteiger partial charge in [-0.3, -0.25) is 4.79 Å². The predicted molar refractivity (Wildman–Crippen MR) is 78.4 cm³/mol. The minimum absolute atomic E-state index is 0. The lowest BCUT2D eigenvalue weighted by molar-refractivity contribution is -0.133. The monoisotopic (exact) mass is 310 g/mol. The van der Waals surface area contributed by atoms with Gasteiger partial charge in [0.2, 0.25) is 5.91 Å². The summed E-state index contributed by atoms with van der Waals surface area (Å²) in [5, 5.41) is 0.992. The van der Waals surface area contributed by atoms with Crippen molar-refractivity contribution in [3.05, 3.63) is 33.8 Å². The lowest BCUT2D eigenvalue weighted by atomic mass is 10.1. The van der Waals surface area contributed by atoms with Crippen LogP contribution < -0.4 is 5.73 Å². The Morgan fingerprint density at radius 3 is 2.61 bits per heavy atom. The standard InChI is InChI=1S/C12H16Cl2N2O.ClH/c1-8(6-15)12(17)16(2)7-9-4-3-5-10(13)11(9)14;/h3-5,8H,6-7,15H2,1-2H3;1H. The first-order chi connectivity index (χ1) is 7.97. The van der Waals surface area contributed by atoms with Crippen LogP contribution in [0.2, 0.25) is 10.0 Å². The maximum atomic E-state index is 11.8. The van der Waals surface area contributed by atoms with E-state index in [0.717, 1.165) is 5.56 Å². The third-order valence-corrected chi connectivity index (χ3v) is 3.45. The second kappa shape index (κ2) is 7.85. The molecular weight excluding hydrogens is 295 g/mol. The molecule has 18 heavy (non-hydrogen) atoms. The SMILES string of the molecule is CC(CN)C(=O)N(C)Cc1cccc(Cl)c1Cl.Cl. The lowest BCUT2D eigenvalue weighted by Crippen LogP contribution is -2.34. The number of nitrogens with two attached hydrogens (primary N) is 1. The Kier molecular flexibility index (Phi) is 7.64. The van der Waals surface area contributed by atoms with Crippen LogP contribution in [0, 0.1) is 5.92 Å². The largest absolute Gasteiger partial charge is 0.341 e. The van der Waals surface area contributed by atoms with Gasteiger partial charge in [0.05, 0.1) is 10.0 Å². The first kappa shape index (κ1) is 17.5. The molecule has 0 aliphatic rings. The van der Waals surface area contributed by atoms with Crippen molar-refractivity contribution in [3.63, 3.8) is 0 Å². The summed E-state index contributed by atoms with van der Waals surface area (Å²) in [6, 6.07) is 5.39. The van der Waals surface area contributed by atoms with E-state index in [4.69, 9.17) is 28.9 Å². The average molecular weight is 312 g/mol. The maximum absolute atomic E-state index is 11.8. The van der Waals surface area contributed by atoms with Gasteiger partial charge in [-0.1, -0.05) is 42.3 Å². The summed E-state index contributed by atoms with van der Waals surface area (Å²) in [5.74, 6) is -0.179. The Labute approximate surface area is 124 Å². The molecule has 102 valence electrons. The van der Waals surface area contributed by atoms with Gasteiger partial charge in [-0.15, -0.1) is 12.4 Å². The molecule has 0 saturated heterocycles. The average Bonchev–Trinajstić information content (AvgIpc) is 2.32. The number of nitrogens with zero attached hydrogens (tertiary/aromatic N) is 1. The Balaban J connectivity index is 0.00000289. The Hall–Kier alpha value is -0.480. The number of hydrogen-bond donors (Lipinski definition) is 1. The third kappa shape index (κ3) is 4.32. The molecule has 0 radical (unpaired) electrons. The zero-order chi connectivity index (χ0) is 13.0. The second-order valence-corrected chi connectivity index (χ2v) is 4.83. The quantitative estimate of drug-likeness (QED) is 0.929. The zero-order valence-corrected chi connectivity index (χ0v) is 12.6. The summed E-state index contributed by atoms with van der Waals surface area (Å²) >= 11 is 12.0. The fraction of sp³-hybridized carbons (Fsp3) is 0.417. The van der Waals surface area contributed by atoms with Crippen LogP contribution in [0.3, 0.4) is 0 Å². The Morgan fingerprint density at radius 2 is 2.06 bits per heavy atom. The molecule has 2 N–H and O–H groups in total. The van der Waals surface area contributed by atoms with E-state index < -0.39 is 0 Å². The van der Waals surface area contributed by atoms with Gasteiger partial charge in [-0.25, -0.2) is 0 Å². The van der Waals surface area contributed by atoms with Crippen LogP contribution in [0.15, 0.2) is 18.2 Å². The van der Waals surface area contributed by atoms with Gasteiger partial charge in [0.25, 0.3) is 0 Å². The first-order valence-electron chi connectivity index (χ1n) is 5.35. The molecule has 1 aromatic rings. The highest BCUT2D eigenvalue weighted by Gasteiger charge is 2.17. The molecule has 1 aromatic carbocycles. The first-order valence-corrected chi connectivity index (χ1v) is 6.11. The molecule has 6 heteroatoms. The number of amides is 1. The van der Waals surface area contributed by atoms with E-state index in [1.165, 1.54) is 0 Å². The normalized spacial score (nSPS) is 11.6. The summed E-state index contributed by atoms with van der Waals surface area (Å²) in [6.45, 7) is 2.58. The molecule has 3 nitrogen and oxygen atoms in total. The second-order valence-electron chi connectivity index (χ2n) is 4.04. The highest BCUT2D eigenvalue weighted by molar-refractivity contribution is 6.42. The van der Waals surface area contributed by atoms with Crippen molar-refractivity contribution in [1.82, 2.24) is 4.90 Å². The third-order valence-electron chi connectivity index (χ3n) is 2.59. The zero-order valence-electron chi connectivity index (χ0n) is 10.3. The summed E-state index contributed by atoms with van der Waals surface area (Å²) in [6.07, 6.45) is 0. The Bertz CT molecular complexity index is 412. The number of benzene rings is 1. The summed E-state index contributed by atoms with van der Waals surface area (Å²) in [7, 11) is 1.73. The number of halogens is 3. The maximum Gasteiger partial charge on any atom is 0.226 e. The van der Waals surface area contributed by atoms with E-state index in [1.54, 1.807) is 24.9 Å². The van der Waals surface area contributed by atoms with Gasteiger partial charge in [-0.2, -0.15) is 0 Å². The molecule has 0 heterocycles. The summed E-state index contributed by atoms with van der Waals surface area (Å²) in [5.41, 5.74) is 6.30. The topological polar surface area (TPSA) is 46.3 Å². The number of carbonyl (C=O) groups is 1. The molecule has 1 rings (SSSR count). The minimum atomic E-state index is -0.182. The van der Waals surface area contributed by atoms with Crippen molar-refractivity contribution in [2.24, 2.45) is 11.7 Å². The van der Waals surface area contributed by atoms with E-state index in [0.29, 0.717) is 23.1 Å². The van der Waals surface area contributed by atoms with Gasteiger partial charge < -0.3 is 10.6 Å². The number of rotatable bonds is 4. The lowest BCUT2D eigenvalue weighted by Gasteiger charge is -2.21. The molecular formula is C12H17Cl3N2O. The van der Waals surface area contributed by atoms with E-state index in [-0.39, 0.29) is 24.2 Å². The van der Waals surface area contributed by atoms with Crippen molar-refractivity contribution in [3.8, 4) is 0 Å². The van der Waals surface area contributed by atoms with E-state index in [9.17, 15) is 4.79 Å². The van der Waals surface area contributed by atoms with Crippen molar-refractivity contribution >= 4 is 41.5 Å². The molecule has 0 aromatic heterocycles. The van der Waals surface area contributed by atoms with E-state index in [2.05, 4.69) is 0 Å². The molecule has 1 atom stereocenters. The fourth-order valence-corrected chi connectivity index (χ4v) is 1.86. The van der Waals surface area contributed by atoms with Gasteiger partial charge in [0.1, 0.15) is 0 Å². The Morgan fingerprint density at radius 1 is 1.44 bits per heavy atom. The number of hydrogen-bond acceptors (Lipinski definition) is 2. The molecule has 0 spiro atoms. The molecule has 0 aliphatic carbocycles. The molecule has 0 aliphatic heterocycles. The predicted octanol–water partition coefficient (Wildman–Crippen LogP) is 2.97. The molecule has 0 fully saturated rings. The van der Waals surface area contributed by atoms with Gasteiger partial charge >= 0.3 is 0 Å².